The van der Waals surface area contributed by atoms with Gasteiger partial charge in [0.15, 0.2) is 0 Å². The van der Waals surface area contributed by atoms with Gasteiger partial charge in [-0.3, -0.25) is 4.79 Å². The molecule has 0 bridgehead atoms. The Bertz CT molecular complexity index is 559. The Kier molecular flexibility index (Phi) is 3.91. The summed E-state index contributed by atoms with van der Waals surface area (Å²) in [6, 6.07) is 3.87. The van der Waals surface area contributed by atoms with Crippen LogP contribution in [-0.4, -0.2) is 20.1 Å². The van der Waals surface area contributed by atoms with Gasteiger partial charge in [0.05, 0.1) is 25.2 Å². The van der Waals surface area contributed by atoms with E-state index in [1.165, 1.54) is 0 Å². The first-order valence-corrected chi connectivity index (χ1v) is 7.45. The summed E-state index contributed by atoms with van der Waals surface area (Å²) in [5, 5.41) is 3.16. The van der Waals surface area contributed by atoms with Gasteiger partial charge in [-0.2, -0.15) is 0 Å². The number of nitrogens with one attached hydrogen (secondary N) is 1. The predicted molar refractivity (Wildman–Crippen MR) is 83.0 cm³/mol. The quantitative estimate of drug-likeness (QED) is 0.927. The number of methoxy groups -OCH3 is 2. The second-order valence-electron chi connectivity index (χ2n) is 6.12. The minimum Gasteiger partial charge on any atom is -0.497 e. The van der Waals surface area contributed by atoms with E-state index in [9.17, 15) is 4.79 Å². The fraction of sp³-hybridized carbons (Fsp3) is 0.588. The lowest BCUT2D eigenvalue weighted by atomic mass is 9.66. The molecule has 1 aliphatic heterocycles. The molecule has 21 heavy (non-hydrogen) atoms. The smallest absolute Gasteiger partial charge is 0.231 e. The third kappa shape index (κ3) is 2.17. The molecule has 0 fully saturated rings. The maximum absolute atomic E-state index is 12.8. The Balaban J connectivity index is 2.85. The summed E-state index contributed by atoms with van der Waals surface area (Å²) in [5.41, 5.74) is 1.09. The maximum Gasteiger partial charge on any atom is 0.231 e. The van der Waals surface area contributed by atoms with E-state index < -0.39 is 11.0 Å². The minimum absolute atomic E-state index is 0.0836. The summed E-state index contributed by atoms with van der Waals surface area (Å²) in [6.07, 6.45) is 1.49. The van der Waals surface area contributed by atoms with Gasteiger partial charge in [0.2, 0.25) is 5.91 Å². The van der Waals surface area contributed by atoms with E-state index in [0.717, 1.165) is 35.5 Å². The molecular formula is C17H25NO3. The number of carbonyl (C=O) groups excluding carboxylic acids is 1. The summed E-state index contributed by atoms with van der Waals surface area (Å²) in [7, 11) is 3.29. The first-order valence-electron chi connectivity index (χ1n) is 7.45. The van der Waals surface area contributed by atoms with Crippen molar-refractivity contribution in [2.45, 2.75) is 51.5 Å². The highest BCUT2D eigenvalue weighted by Crippen LogP contribution is 2.48. The van der Waals surface area contributed by atoms with Crippen molar-refractivity contribution in [1.29, 1.82) is 0 Å². The van der Waals surface area contributed by atoms with Gasteiger partial charge in [-0.1, -0.05) is 13.8 Å². The first-order chi connectivity index (χ1) is 9.86. The van der Waals surface area contributed by atoms with E-state index in [1.807, 2.05) is 26.0 Å². The molecule has 0 unspecified atom stereocenters. The molecule has 0 radical (unpaired) electrons. The molecule has 1 aliphatic rings. The minimum atomic E-state index is -0.521. The molecule has 0 aromatic heterocycles. The van der Waals surface area contributed by atoms with Gasteiger partial charge in [-0.25, -0.2) is 0 Å². The summed E-state index contributed by atoms with van der Waals surface area (Å²) < 4.78 is 11.0. The van der Waals surface area contributed by atoms with Crippen molar-refractivity contribution >= 4 is 5.91 Å². The molecular weight excluding hydrogens is 266 g/mol. The average molecular weight is 291 g/mol. The lowest BCUT2D eigenvalue weighted by Gasteiger charge is -2.45. The zero-order valence-corrected chi connectivity index (χ0v) is 13.8. The molecule has 0 saturated carbocycles. The van der Waals surface area contributed by atoms with Crippen molar-refractivity contribution in [3.05, 3.63) is 23.3 Å². The SMILES string of the molecule is CCC1(CC)C(=O)NC(C)(C)c2c(OC)cc(OC)cc21. The summed E-state index contributed by atoms with van der Waals surface area (Å²) in [4.78, 5) is 12.8. The second-order valence-corrected chi connectivity index (χ2v) is 6.12. The highest BCUT2D eigenvalue weighted by atomic mass is 16.5. The van der Waals surface area contributed by atoms with E-state index >= 15 is 0 Å². The molecule has 1 aromatic carbocycles. The van der Waals surface area contributed by atoms with E-state index in [4.69, 9.17) is 9.47 Å². The molecule has 1 aromatic rings. The predicted octanol–water partition coefficient (Wildman–Crippen LogP) is 3.13. The molecule has 0 atom stereocenters. The Morgan fingerprint density at radius 2 is 1.71 bits per heavy atom. The van der Waals surface area contributed by atoms with E-state index in [1.54, 1.807) is 14.2 Å². The summed E-state index contributed by atoms with van der Waals surface area (Å²) >= 11 is 0. The normalized spacial score (nSPS) is 18.7. The van der Waals surface area contributed by atoms with Crippen molar-refractivity contribution in [3.8, 4) is 11.5 Å². The van der Waals surface area contributed by atoms with Crippen LogP contribution in [0.1, 0.15) is 51.7 Å². The van der Waals surface area contributed by atoms with Crippen LogP contribution in [-0.2, 0) is 15.7 Å². The Hall–Kier alpha value is -1.71. The van der Waals surface area contributed by atoms with E-state index in [-0.39, 0.29) is 5.91 Å². The topological polar surface area (TPSA) is 47.6 Å². The number of fused-ring (bicyclic) bond motifs is 1. The molecule has 0 spiro atoms. The Labute approximate surface area is 126 Å². The zero-order chi connectivity index (χ0) is 15.8. The number of hydrogen-bond acceptors (Lipinski definition) is 3. The van der Waals surface area contributed by atoms with Crippen LogP contribution >= 0.6 is 0 Å². The highest BCUT2D eigenvalue weighted by molar-refractivity contribution is 5.92. The number of hydrogen-bond donors (Lipinski definition) is 1. The summed E-state index contributed by atoms with van der Waals surface area (Å²) in [6.45, 7) is 8.12. The van der Waals surface area contributed by atoms with Crippen LogP contribution in [0.5, 0.6) is 11.5 Å². The average Bonchev–Trinajstić information content (AvgIpc) is 2.46. The van der Waals surface area contributed by atoms with E-state index in [2.05, 4.69) is 19.2 Å². The fourth-order valence-electron chi connectivity index (χ4n) is 3.43. The lowest BCUT2D eigenvalue weighted by Crippen LogP contribution is -2.56. The second kappa shape index (κ2) is 5.24. The monoisotopic (exact) mass is 291 g/mol. The van der Waals surface area contributed by atoms with Crippen molar-refractivity contribution in [2.75, 3.05) is 14.2 Å². The molecule has 1 amide bonds. The largest absolute Gasteiger partial charge is 0.497 e. The molecule has 2 rings (SSSR count). The van der Waals surface area contributed by atoms with Gasteiger partial charge in [-0.05, 0) is 38.3 Å². The molecule has 1 heterocycles. The van der Waals surface area contributed by atoms with Crippen molar-refractivity contribution < 1.29 is 14.3 Å². The van der Waals surface area contributed by atoms with Crippen LogP contribution in [0.25, 0.3) is 0 Å². The Morgan fingerprint density at radius 3 is 2.19 bits per heavy atom. The third-order valence-electron chi connectivity index (χ3n) is 4.74. The molecule has 116 valence electrons. The van der Waals surface area contributed by atoms with Crippen molar-refractivity contribution in [3.63, 3.8) is 0 Å². The van der Waals surface area contributed by atoms with Crippen LogP contribution in [0, 0.1) is 0 Å². The van der Waals surface area contributed by atoms with Gasteiger partial charge in [0.25, 0.3) is 0 Å². The Morgan fingerprint density at radius 1 is 1.10 bits per heavy atom. The van der Waals surface area contributed by atoms with Crippen LogP contribution in [0.4, 0.5) is 0 Å². The van der Waals surface area contributed by atoms with Crippen LogP contribution in [0.2, 0.25) is 0 Å². The van der Waals surface area contributed by atoms with Crippen molar-refractivity contribution in [1.82, 2.24) is 5.32 Å². The van der Waals surface area contributed by atoms with Gasteiger partial charge < -0.3 is 14.8 Å². The maximum atomic E-state index is 12.8. The standard InChI is InChI=1S/C17H25NO3/c1-7-17(8-2)12-9-11(20-5)10-13(21-6)14(12)16(3,4)18-15(17)19/h9-10H,7-8H2,1-6H3,(H,18,19). The zero-order valence-electron chi connectivity index (χ0n) is 13.8. The first kappa shape index (κ1) is 15.7. The molecule has 1 N–H and O–H groups in total. The third-order valence-corrected chi connectivity index (χ3v) is 4.74. The number of carbonyl (C=O) groups is 1. The van der Waals surface area contributed by atoms with Gasteiger partial charge in [0, 0.05) is 11.6 Å². The fourth-order valence-corrected chi connectivity index (χ4v) is 3.43. The van der Waals surface area contributed by atoms with Crippen LogP contribution < -0.4 is 14.8 Å². The van der Waals surface area contributed by atoms with E-state index in [0.29, 0.717) is 0 Å². The molecule has 0 saturated heterocycles. The number of amides is 1. The van der Waals surface area contributed by atoms with Gasteiger partial charge >= 0.3 is 0 Å². The number of ether oxygens (including phenoxy) is 2. The molecule has 0 aliphatic carbocycles. The molecule has 4 nitrogen and oxygen atoms in total. The lowest BCUT2D eigenvalue weighted by molar-refractivity contribution is -0.130. The molecule has 4 heteroatoms. The van der Waals surface area contributed by atoms with Crippen LogP contribution in [0.3, 0.4) is 0 Å². The number of benzene rings is 1. The van der Waals surface area contributed by atoms with Crippen LogP contribution in [0.15, 0.2) is 12.1 Å². The van der Waals surface area contributed by atoms with Gasteiger partial charge in [0.1, 0.15) is 11.5 Å². The van der Waals surface area contributed by atoms with Crippen molar-refractivity contribution in [2.24, 2.45) is 0 Å². The van der Waals surface area contributed by atoms with Gasteiger partial charge in [-0.15, -0.1) is 0 Å². The highest BCUT2D eigenvalue weighted by Gasteiger charge is 2.48. The number of rotatable bonds is 4. The summed E-state index contributed by atoms with van der Waals surface area (Å²) in [5.74, 6) is 1.57.